The van der Waals surface area contributed by atoms with Gasteiger partial charge < -0.3 is 10.4 Å². The summed E-state index contributed by atoms with van der Waals surface area (Å²) in [4.78, 5) is 21.2. The van der Waals surface area contributed by atoms with E-state index in [1.807, 2.05) is 13.8 Å². The molecule has 0 fully saturated rings. The molecule has 0 aliphatic carbocycles. The Balaban J connectivity index is 4.15. The monoisotopic (exact) mass is 173 g/mol. The van der Waals surface area contributed by atoms with Gasteiger partial charge in [0.1, 0.15) is 0 Å². The number of hydrogen-bond donors (Lipinski definition) is 2. The number of ketones is 1. The molecular formula is C8H15NO3. The van der Waals surface area contributed by atoms with Crippen molar-refractivity contribution in [3.05, 3.63) is 0 Å². The molecule has 0 aromatic heterocycles. The summed E-state index contributed by atoms with van der Waals surface area (Å²) in [5.41, 5.74) is 0. The number of aliphatic carboxylic acids is 1. The summed E-state index contributed by atoms with van der Waals surface area (Å²) in [5, 5.41) is 11.1. The Kier molecular flexibility index (Phi) is 4.51. The highest BCUT2D eigenvalue weighted by Crippen LogP contribution is 2.04. The van der Waals surface area contributed by atoms with Crippen molar-refractivity contribution in [2.75, 3.05) is 7.05 Å². The maximum atomic E-state index is 10.9. The third-order valence-electron chi connectivity index (χ3n) is 1.58. The van der Waals surface area contributed by atoms with E-state index in [9.17, 15) is 9.59 Å². The van der Waals surface area contributed by atoms with Crippen LogP contribution >= 0.6 is 0 Å². The standard InChI is InChI=1S/C8H15NO3/c1-5(2)4-6(9-3)7(10)8(11)12/h5-6,9H,4H2,1-3H3,(H,11,12)/t6-/m0/s1. The Morgan fingerprint density at radius 3 is 2.17 bits per heavy atom. The predicted molar refractivity (Wildman–Crippen MR) is 44.9 cm³/mol. The van der Waals surface area contributed by atoms with Gasteiger partial charge >= 0.3 is 5.97 Å². The number of carbonyl (C=O) groups is 2. The van der Waals surface area contributed by atoms with E-state index in [0.717, 1.165) is 0 Å². The van der Waals surface area contributed by atoms with Crippen molar-refractivity contribution in [2.45, 2.75) is 26.3 Å². The second-order valence-corrected chi connectivity index (χ2v) is 3.14. The second-order valence-electron chi connectivity index (χ2n) is 3.14. The third kappa shape index (κ3) is 3.48. The van der Waals surface area contributed by atoms with Gasteiger partial charge in [-0.25, -0.2) is 4.79 Å². The lowest BCUT2D eigenvalue weighted by Gasteiger charge is -2.14. The SMILES string of the molecule is CN[C@@H](CC(C)C)C(=O)C(=O)O. The molecule has 1 atom stereocenters. The van der Waals surface area contributed by atoms with Crippen LogP contribution < -0.4 is 5.32 Å². The zero-order chi connectivity index (χ0) is 9.72. The quantitative estimate of drug-likeness (QED) is 0.586. The van der Waals surface area contributed by atoms with Gasteiger partial charge in [0.2, 0.25) is 0 Å². The number of carboxylic acid groups (broad SMARTS) is 1. The van der Waals surface area contributed by atoms with Crippen molar-refractivity contribution in [3.63, 3.8) is 0 Å². The van der Waals surface area contributed by atoms with Crippen molar-refractivity contribution in [2.24, 2.45) is 5.92 Å². The summed E-state index contributed by atoms with van der Waals surface area (Å²) < 4.78 is 0. The number of carboxylic acids is 1. The summed E-state index contributed by atoms with van der Waals surface area (Å²) in [6.45, 7) is 3.89. The van der Waals surface area contributed by atoms with E-state index in [-0.39, 0.29) is 0 Å². The molecule has 0 heterocycles. The summed E-state index contributed by atoms with van der Waals surface area (Å²) in [6.07, 6.45) is 0.557. The van der Waals surface area contributed by atoms with E-state index in [4.69, 9.17) is 5.11 Å². The summed E-state index contributed by atoms with van der Waals surface area (Å²) >= 11 is 0. The van der Waals surface area contributed by atoms with Crippen molar-refractivity contribution in [3.8, 4) is 0 Å². The first-order valence-electron chi connectivity index (χ1n) is 3.93. The number of rotatable bonds is 5. The van der Waals surface area contributed by atoms with Crippen molar-refractivity contribution in [1.82, 2.24) is 5.32 Å². The van der Waals surface area contributed by atoms with Crippen molar-refractivity contribution in [1.29, 1.82) is 0 Å². The molecule has 4 heteroatoms. The zero-order valence-electron chi connectivity index (χ0n) is 7.63. The van der Waals surface area contributed by atoms with E-state index in [1.165, 1.54) is 0 Å². The lowest BCUT2D eigenvalue weighted by molar-refractivity contribution is -0.150. The van der Waals surface area contributed by atoms with E-state index >= 15 is 0 Å². The summed E-state index contributed by atoms with van der Waals surface area (Å²) in [5.74, 6) is -1.81. The first-order chi connectivity index (χ1) is 5.49. The largest absolute Gasteiger partial charge is 0.475 e. The average molecular weight is 173 g/mol. The highest BCUT2D eigenvalue weighted by atomic mass is 16.4. The molecule has 4 nitrogen and oxygen atoms in total. The summed E-state index contributed by atoms with van der Waals surface area (Å²) in [6, 6.07) is -0.553. The average Bonchev–Trinajstić information content (AvgIpc) is 1.98. The molecule has 0 saturated heterocycles. The van der Waals surface area contributed by atoms with Crippen LogP contribution in [0.1, 0.15) is 20.3 Å². The molecule has 0 aliphatic heterocycles. The smallest absolute Gasteiger partial charge is 0.373 e. The fourth-order valence-electron chi connectivity index (χ4n) is 0.976. The van der Waals surface area contributed by atoms with E-state index in [0.29, 0.717) is 12.3 Å². The van der Waals surface area contributed by atoms with Gasteiger partial charge in [0, 0.05) is 0 Å². The third-order valence-corrected chi connectivity index (χ3v) is 1.58. The summed E-state index contributed by atoms with van der Waals surface area (Å²) in [7, 11) is 1.59. The molecule has 0 aromatic carbocycles. The minimum Gasteiger partial charge on any atom is -0.475 e. The molecule has 2 N–H and O–H groups in total. The number of carbonyl (C=O) groups excluding carboxylic acids is 1. The first kappa shape index (κ1) is 11.1. The maximum Gasteiger partial charge on any atom is 0.373 e. The van der Waals surface area contributed by atoms with Gasteiger partial charge in [-0.2, -0.15) is 0 Å². The van der Waals surface area contributed by atoms with Crippen molar-refractivity contribution >= 4 is 11.8 Å². The van der Waals surface area contributed by atoms with E-state index in [2.05, 4.69) is 5.32 Å². The molecule has 0 bridgehead atoms. The van der Waals surface area contributed by atoms with Crippen LogP contribution in [0.15, 0.2) is 0 Å². The molecule has 0 aromatic rings. The zero-order valence-corrected chi connectivity index (χ0v) is 7.63. The topological polar surface area (TPSA) is 66.4 Å². The van der Waals surface area contributed by atoms with Gasteiger partial charge in [0.05, 0.1) is 6.04 Å². The highest BCUT2D eigenvalue weighted by Gasteiger charge is 2.23. The van der Waals surface area contributed by atoms with Crippen LogP contribution in [-0.4, -0.2) is 29.9 Å². The molecular weight excluding hydrogens is 158 g/mol. The van der Waals surface area contributed by atoms with Crippen LogP contribution in [0.2, 0.25) is 0 Å². The van der Waals surface area contributed by atoms with Crippen LogP contribution in [0.5, 0.6) is 0 Å². The Labute approximate surface area is 72.0 Å². The fraction of sp³-hybridized carbons (Fsp3) is 0.750. The molecule has 0 aliphatic rings. The van der Waals surface area contributed by atoms with Crippen LogP contribution in [0.3, 0.4) is 0 Å². The Bertz CT molecular complexity index is 177. The first-order valence-corrected chi connectivity index (χ1v) is 3.93. The van der Waals surface area contributed by atoms with Gasteiger partial charge in [-0.1, -0.05) is 13.8 Å². The van der Waals surface area contributed by atoms with Gasteiger partial charge in [-0.3, -0.25) is 4.79 Å². The van der Waals surface area contributed by atoms with Crippen LogP contribution in [0, 0.1) is 5.92 Å². The van der Waals surface area contributed by atoms with E-state index < -0.39 is 17.8 Å². The number of nitrogens with one attached hydrogen (secondary N) is 1. The van der Waals surface area contributed by atoms with E-state index in [1.54, 1.807) is 7.05 Å². The molecule has 0 rings (SSSR count). The molecule has 12 heavy (non-hydrogen) atoms. The highest BCUT2D eigenvalue weighted by molar-refractivity contribution is 6.34. The molecule has 0 unspecified atom stereocenters. The Morgan fingerprint density at radius 2 is 1.92 bits per heavy atom. The van der Waals surface area contributed by atoms with Crippen molar-refractivity contribution < 1.29 is 14.7 Å². The number of likely N-dealkylation sites (N-methyl/N-ethyl adjacent to an activating group) is 1. The van der Waals surface area contributed by atoms with Gasteiger partial charge in [-0.15, -0.1) is 0 Å². The molecule has 0 spiro atoms. The number of Topliss-reactive ketones (excluding diaryl/α,β-unsaturated/α-hetero) is 1. The van der Waals surface area contributed by atoms with Gasteiger partial charge in [-0.05, 0) is 19.4 Å². The van der Waals surface area contributed by atoms with Gasteiger partial charge in [0.15, 0.2) is 0 Å². The molecule has 0 radical (unpaired) electrons. The lowest BCUT2D eigenvalue weighted by atomic mass is 10.0. The molecule has 0 saturated carbocycles. The minimum absolute atomic E-state index is 0.311. The van der Waals surface area contributed by atoms with Crippen LogP contribution in [0.4, 0.5) is 0 Å². The normalized spacial score (nSPS) is 13.0. The Morgan fingerprint density at radius 1 is 1.42 bits per heavy atom. The minimum atomic E-state index is -1.37. The van der Waals surface area contributed by atoms with Gasteiger partial charge in [0.25, 0.3) is 5.78 Å². The number of hydrogen-bond acceptors (Lipinski definition) is 3. The fourth-order valence-corrected chi connectivity index (χ4v) is 0.976. The molecule has 70 valence electrons. The predicted octanol–water partition coefficient (Wildman–Crippen LogP) is 0.274. The van der Waals surface area contributed by atoms with Crippen LogP contribution in [0.25, 0.3) is 0 Å². The lowest BCUT2D eigenvalue weighted by Crippen LogP contribution is -2.39. The second kappa shape index (κ2) is 4.87. The Hall–Kier alpha value is -0.900. The maximum absolute atomic E-state index is 10.9. The van der Waals surface area contributed by atoms with Crippen LogP contribution in [-0.2, 0) is 9.59 Å². The molecule has 0 amide bonds.